The zero-order valence-electron chi connectivity index (χ0n) is 13.5. The van der Waals surface area contributed by atoms with E-state index in [0.29, 0.717) is 11.4 Å². The van der Waals surface area contributed by atoms with Gasteiger partial charge in [-0.2, -0.15) is 0 Å². The van der Waals surface area contributed by atoms with Crippen molar-refractivity contribution in [1.82, 2.24) is 10.6 Å². The van der Waals surface area contributed by atoms with Crippen molar-refractivity contribution in [2.24, 2.45) is 5.92 Å². The average Bonchev–Trinajstić information content (AvgIpc) is 3.39. The molecule has 7 heteroatoms. The summed E-state index contributed by atoms with van der Waals surface area (Å²) in [5.74, 6) is 0.681. The normalized spacial score (nSPS) is 19.8. The van der Waals surface area contributed by atoms with Crippen LogP contribution in [0.4, 0.5) is 5.69 Å². The highest BCUT2D eigenvalue weighted by molar-refractivity contribution is 5.94. The van der Waals surface area contributed by atoms with E-state index in [-0.39, 0.29) is 42.8 Å². The van der Waals surface area contributed by atoms with Crippen molar-refractivity contribution in [2.45, 2.75) is 31.7 Å². The molecule has 0 spiro atoms. The summed E-state index contributed by atoms with van der Waals surface area (Å²) in [6.45, 7) is 1.81. The van der Waals surface area contributed by atoms with Gasteiger partial charge in [0.15, 0.2) is 6.61 Å². The second-order valence-electron chi connectivity index (χ2n) is 6.19. The summed E-state index contributed by atoms with van der Waals surface area (Å²) < 4.78 is 5.52. The first-order valence-corrected chi connectivity index (χ1v) is 8.24. The Kier molecular flexibility index (Phi) is 6.87. The van der Waals surface area contributed by atoms with Crippen molar-refractivity contribution in [2.75, 3.05) is 25.0 Å². The Morgan fingerprint density at radius 1 is 1.25 bits per heavy atom. The highest BCUT2D eigenvalue weighted by Crippen LogP contribution is 2.30. The zero-order chi connectivity index (χ0) is 16.1. The van der Waals surface area contributed by atoms with Gasteiger partial charge in [-0.3, -0.25) is 9.59 Å². The predicted molar refractivity (Wildman–Crippen MR) is 94.6 cm³/mol. The molecule has 1 heterocycles. The molecule has 0 radical (unpaired) electrons. The van der Waals surface area contributed by atoms with Crippen LogP contribution >= 0.6 is 12.4 Å². The van der Waals surface area contributed by atoms with E-state index in [1.54, 1.807) is 18.2 Å². The van der Waals surface area contributed by atoms with Crippen molar-refractivity contribution in [1.29, 1.82) is 0 Å². The molecule has 1 aliphatic heterocycles. The molecule has 24 heavy (non-hydrogen) atoms. The first-order chi connectivity index (χ1) is 11.2. The van der Waals surface area contributed by atoms with E-state index in [1.807, 2.05) is 6.07 Å². The molecule has 0 unspecified atom stereocenters. The third kappa shape index (κ3) is 5.69. The van der Waals surface area contributed by atoms with Crippen molar-refractivity contribution in [3.63, 3.8) is 0 Å². The molecule has 1 saturated heterocycles. The van der Waals surface area contributed by atoms with Gasteiger partial charge < -0.3 is 20.7 Å². The van der Waals surface area contributed by atoms with Gasteiger partial charge in [0.1, 0.15) is 5.75 Å². The SMILES string of the molecule is Cl.O=C(COc1cccc(NC(=O)C2CC2)c1)N[C@H]1CCCNC1. The minimum atomic E-state index is -0.119. The second-order valence-corrected chi connectivity index (χ2v) is 6.19. The number of carbonyl (C=O) groups excluding carboxylic acids is 2. The van der Waals surface area contributed by atoms with E-state index in [4.69, 9.17) is 4.74 Å². The molecule has 2 aliphatic rings. The number of benzene rings is 1. The molecular weight excluding hydrogens is 330 g/mol. The highest BCUT2D eigenvalue weighted by Gasteiger charge is 2.29. The van der Waals surface area contributed by atoms with Gasteiger partial charge in [-0.1, -0.05) is 6.07 Å². The van der Waals surface area contributed by atoms with Crippen LogP contribution in [0.1, 0.15) is 25.7 Å². The molecule has 1 atom stereocenters. The maximum Gasteiger partial charge on any atom is 0.258 e. The van der Waals surface area contributed by atoms with E-state index in [9.17, 15) is 9.59 Å². The van der Waals surface area contributed by atoms with Crippen molar-refractivity contribution < 1.29 is 14.3 Å². The first kappa shape index (κ1) is 18.5. The molecule has 0 bridgehead atoms. The molecule has 1 aromatic carbocycles. The van der Waals surface area contributed by atoms with E-state index >= 15 is 0 Å². The number of carbonyl (C=O) groups is 2. The van der Waals surface area contributed by atoms with Crippen LogP contribution in [0.3, 0.4) is 0 Å². The van der Waals surface area contributed by atoms with Gasteiger partial charge in [-0.25, -0.2) is 0 Å². The molecule has 132 valence electrons. The van der Waals surface area contributed by atoms with E-state index in [2.05, 4.69) is 16.0 Å². The van der Waals surface area contributed by atoms with E-state index in [0.717, 1.165) is 38.8 Å². The fourth-order valence-corrected chi connectivity index (χ4v) is 2.65. The number of anilines is 1. The van der Waals surface area contributed by atoms with Crippen LogP contribution < -0.4 is 20.7 Å². The fourth-order valence-electron chi connectivity index (χ4n) is 2.65. The van der Waals surface area contributed by atoms with Gasteiger partial charge in [0, 0.05) is 30.3 Å². The quantitative estimate of drug-likeness (QED) is 0.727. The molecular formula is C17H24ClN3O3. The van der Waals surface area contributed by atoms with Gasteiger partial charge in [0.05, 0.1) is 0 Å². The lowest BCUT2D eigenvalue weighted by atomic mass is 10.1. The third-order valence-electron chi connectivity index (χ3n) is 4.08. The lowest BCUT2D eigenvalue weighted by Crippen LogP contribution is -2.46. The van der Waals surface area contributed by atoms with Crippen LogP contribution in [-0.2, 0) is 9.59 Å². The topological polar surface area (TPSA) is 79.5 Å². The summed E-state index contributed by atoms with van der Waals surface area (Å²) in [7, 11) is 0. The van der Waals surface area contributed by atoms with Gasteiger partial charge >= 0.3 is 0 Å². The predicted octanol–water partition coefficient (Wildman–Crippen LogP) is 1.70. The number of ether oxygens (including phenoxy) is 1. The van der Waals surface area contributed by atoms with Crippen molar-refractivity contribution in [3.8, 4) is 5.75 Å². The van der Waals surface area contributed by atoms with Crippen LogP contribution in [0.2, 0.25) is 0 Å². The van der Waals surface area contributed by atoms with Gasteiger partial charge in [0.2, 0.25) is 5.91 Å². The van der Waals surface area contributed by atoms with E-state index < -0.39 is 0 Å². The lowest BCUT2D eigenvalue weighted by Gasteiger charge is -2.23. The molecule has 1 saturated carbocycles. The first-order valence-electron chi connectivity index (χ1n) is 8.24. The smallest absolute Gasteiger partial charge is 0.258 e. The van der Waals surface area contributed by atoms with Crippen molar-refractivity contribution >= 4 is 29.9 Å². The minimum absolute atomic E-state index is 0. The molecule has 6 nitrogen and oxygen atoms in total. The maximum atomic E-state index is 11.9. The number of rotatable bonds is 6. The van der Waals surface area contributed by atoms with Crippen LogP contribution in [0.15, 0.2) is 24.3 Å². The monoisotopic (exact) mass is 353 g/mol. The van der Waals surface area contributed by atoms with Crippen LogP contribution in [0, 0.1) is 5.92 Å². The van der Waals surface area contributed by atoms with E-state index in [1.165, 1.54) is 0 Å². The maximum absolute atomic E-state index is 11.9. The summed E-state index contributed by atoms with van der Waals surface area (Å²) >= 11 is 0. The van der Waals surface area contributed by atoms with Gasteiger partial charge in [-0.05, 0) is 44.4 Å². The molecule has 1 aliphatic carbocycles. The van der Waals surface area contributed by atoms with Crippen LogP contribution in [0.5, 0.6) is 5.75 Å². The third-order valence-corrected chi connectivity index (χ3v) is 4.08. The summed E-state index contributed by atoms with van der Waals surface area (Å²) in [6, 6.07) is 7.34. The number of hydrogen-bond acceptors (Lipinski definition) is 4. The number of hydrogen-bond donors (Lipinski definition) is 3. The lowest BCUT2D eigenvalue weighted by molar-refractivity contribution is -0.124. The Labute approximate surface area is 148 Å². The number of nitrogens with one attached hydrogen (secondary N) is 3. The average molecular weight is 354 g/mol. The Balaban J connectivity index is 0.00000208. The Morgan fingerprint density at radius 2 is 2.08 bits per heavy atom. The second kappa shape index (κ2) is 8.89. The summed E-state index contributed by atoms with van der Waals surface area (Å²) in [4.78, 5) is 23.7. The molecule has 0 aromatic heterocycles. The molecule has 3 rings (SSSR count). The molecule has 3 N–H and O–H groups in total. The largest absolute Gasteiger partial charge is 0.484 e. The van der Waals surface area contributed by atoms with Crippen LogP contribution in [0.25, 0.3) is 0 Å². The molecule has 1 aromatic rings. The molecule has 2 fully saturated rings. The Bertz CT molecular complexity index is 572. The van der Waals surface area contributed by atoms with Crippen LogP contribution in [-0.4, -0.2) is 37.6 Å². The highest BCUT2D eigenvalue weighted by atomic mass is 35.5. The standard InChI is InChI=1S/C17H23N3O3.ClH/c21-16(19-14-4-2-8-18-10-14)11-23-15-5-1-3-13(9-15)20-17(22)12-6-7-12;/h1,3,5,9,12,14,18H,2,4,6-8,10-11H2,(H,19,21)(H,20,22);1H/t14-;/m0./s1. The van der Waals surface area contributed by atoms with Crippen molar-refractivity contribution in [3.05, 3.63) is 24.3 Å². The fraction of sp³-hybridized carbons (Fsp3) is 0.529. The number of piperidine rings is 1. The number of amides is 2. The van der Waals surface area contributed by atoms with Gasteiger partial charge in [0.25, 0.3) is 5.91 Å². The Hall–Kier alpha value is -1.79. The summed E-state index contributed by atoms with van der Waals surface area (Å²) in [6.07, 6.45) is 4.02. The Morgan fingerprint density at radius 3 is 2.79 bits per heavy atom. The number of halogens is 1. The summed E-state index contributed by atoms with van der Waals surface area (Å²) in [5, 5.41) is 9.09. The molecule has 2 amide bonds. The minimum Gasteiger partial charge on any atom is -0.484 e. The zero-order valence-corrected chi connectivity index (χ0v) is 14.4. The summed E-state index contributed by atoms with van der Waals surface area (Å²) in [5.41, 5.74) is 0.705. The van der Waals surface area contributed by atoms with Gasteiger partial charge in [-0.15, -0.1) is 12.4 Å².